The first-order valence-corrected chi connectivity index (χ1v) is 18.0. The van der Waals surface area contributed by atoms with Crippen molar-refractivity contribution in [1.82, 2.24) is 20.9 Å². The van der Waals surface area contributed by atoms with Crippen molar-refractivity contribution in [3.63, 3.8) is 0 Å². The molecule has 264 valence electrons. The summed E-state index contributed by atoms with van der Waals surface area (Å²) < 4.78 is 6.14. The number of nitrogen functional groups attached to an aromatic ring is 1. The van der Waals surface area contributed by atoms with E-state index in [1.165, 1.54) is 0 Å². The molecule has 2 heterocycles. The van der Waals surface area contributed by atoms with Crippen LogP contribution in [-0.2, 0) is 37.6 Å². The van der Waals surface area contributed by atoms with E-state index in [2.05, 4.69) is 16.0 Å². The Labute approximate surface area is 294 Å². The molecule has 0 radical (unpaired) electrons. The standard InChI is InChI=1S/C40H49N5O5/c1-27-10-16-33-23-30(27)25-42-37(47)34(17-11-28-7-3-2-4-8-28)43-38(48)35(24-36(46)45-21-5-9-29(26-45)18-22-50-33)44-39(49)40(19-6-20-40)31-12-14-32(41)15-13-31/h2-4,7-8,10,12-16,23,29,34-35H,5-6,9,11,17-22,24-26,41H2,1H3,(H,42,47)(H,43,48)(H,44,49)/t29?,34-,35-/m0/s1. The molecule has 1 unspecified atom stereocenters. The molecular weight excluding hydrogens is 630 g/mol. The van der Waals surface area contributed by atoms with Crippen molar-refractivity contribution in [2.45, 2.75) is 88.8 Å². The fraction of sp³-hybridized carbons (Fsp3) is 0.450. The minimum absolute atomic E-state index is 0.194. The fourth-order valence-electron chi connectivity index (χ4n) is 7.39. The maximum atomic E-state index is 14.2. The van der Waals surface area contributed by atoms with Gasteiger partial charge in [-0.2, -0.15) is 0 Å². The molecule has 5 N–H and O–H groups in total. The highest BCUT2D eigenvalue weighted by Gasteiger charge is 2.47. The molecule has 6 rings (SSSR count). The first-order valence-electron chi connectivity index (χ1n) is 18.0. The number of fused-ring (bicyclic) bond motifs is 4. The number of hydrogen-bond acceptors (Lipinski definition) is 6. The van der Waals surface area contributed by atoms with Crippen molar-refractivity contribution in [2.24, 2.45) is 5.92 Å². The predicted molar refractivity (Wildman–Crippen MR) is 192 cm³/mol. The third-order valence-electron chi connectivity index (χ3n) is 10.7. The number of nitrogens with zero attached hydrogens (tertiary/aromatic N) is 1. The molecule has 1 saturated heterocycles. The smallest absolute Gasteiger partial charge is 0.243 e. The van der Waals surface area contributed by atoms with Crippen molar-refractivity contribution < 1.29 is 23.9 Å². The van der Waals surface area contributed by atoms with Crippen LogP contribution in [0.3, 0.4) is 0 Å². The number of aryl methyl sites for hydroxylation is 2. The van der Waals surface area contributed by atoms with Crippen LogP contribution >= 0.6 is 0 Å². The Balaban J connectivity index is 1.28. The summed E-state index contributed by atoms with van der Waals surface area (Å²) in [5.41, 5.74) is 9.55. The van der Waals surface area contributed by atoms with E-state index in [0.29, 0.717) is 51.1 Å². The lowest BCUT2D eigenvalue weighted by atomic mass is 9.63. The Morgan fingerprint density at radius 2 is 1.76 bits per heavy atom. The molecule has 1 saturated carbocycles. The molecule has 3 aromatic rings. The van der Waals surface area contributed by atoms with Gasteiger partial charge in [0, 0.05) is 25.3 Å². The molecule has 0 aromatic heterocycles. The van der Waals surface area contributed by atoms with Gasteiger partial charge in [0.1, 0.15) is 17.8 Å². The number of amides is 4. The molecule has 3 aliphatic rings. The van der Waals surface area contributed by atoms with E-state index in [1.54, 1.807) is 12.1 Å². The van der Waals surface area contributed by atoms with Crippen LogP contribution in [0.4, 0.5) is 5.69 Å². The van der Waals surface area contributed by atoms with E-state index < -0.39 is 23.4 Å². The van der Waals surface area contributed by atoms with Gasteiger partial charge in [-0.15, -0.1) is 0 Å². The minimum Gasteiger partial charge on any atom is -0.494 e. The topological polar surface area (TPSA) is 143 Å². The van der Waals surface area contributed by atoms with Crippen molar-refractivity contribution in [3.05, 3.63) is 95.1 Å². The number of rotatable bonds is 6. The lowest BCUT2D eigenvalue weighted by Crippen LogP contribution is -2.59. The first-order chi connectivity index (χ1) is 24.2. The van der Waals surface area contributed by atoms with Gasteiger partial charge in [0.15, 0.2) is 0 Å². The summed E-state index contributed by atoms with van der Waals surface area (Å²) in [7, 11) is 0. The molecule has 50 heavy (non-hydrogen) atoms. The van der Waals surface area contributed by atoms with Gasteiger partial charge in [0.2, 0.25) is 23.6 Å². The summed E-state index contributed by atoms with van der Waals surface area (Å²) >= 11 is 0. The van der Waals surface area contributed by atoms with E-state index in [9.17, 15) is 19.2 Å². The first kappa shape index (κ1) is 35.0. The summed E-state index contributed by atoms with van der Waals surface area (Å²) in [4.78, 5) is 57.9. The molecule has 2 fully saturated rings. The van der Waals surface area contributed by atoms with Crippen molar-refractivity contribution in [1.29, 1.82) is 0 Å². The molecule has 2 aliphatic heterocycles. The van der Waals surface area contributed by atoms with Gasteiger partial charge in [0.05, 0.1) is 18.4 Å². The van der Waals surface area contributed by atoms with E-state index in [4.69, 9.17) is 10.5 Å². The molecule has 10 heteroatoms. The van der Waals surface area contributed by atoms with Crippen LogP contribution in [0.15, 0.2) is 72.8 Å². The van der Waals surface area contributed by atoms with Crippen LogP contribution in [0, 0.1) is 12.8 Å². The number of benzene rings is 3. The Hall–Kier alpha value is -4.86. The summed E-state index contributed by atoms with van der Waals surface area (Å²) in [6, 6.07) is 20.9. The minimum atomic E-state index is -1.16. The molecule has 4 amide bonds. The van der Waals surface area contributed by atoms with Gasteiger partial charge >= 0.3 is 0 Å². The zero-order chi connectivity index (χ0) is 35.1. The van der Waals surface area contributed by atoms with Crippen LogP contribution in [0.5, 0.6) is 5.75 Å². The van der Waals surface area contributed by atoms with Gasteiger partial charge in [-0.3, -0.25) is 19.2 Å². The average molecular weight is 680 g/mol. The zero-order valence-electron chi connectivity index (χ0n) is 28.9. The predicted octanol–water partition coefficient (Wildman–Crippen LogP) is 4.33. The largest absolute Gasteiger partial charge is 0.494 e. The second-order valence-electron chi connectivity index (χ2n) is 14.2. The van der Waals surface area contributed by atoms with Crippen LogP contribution in [0.2, 0.25) is 0 Å². The quantitative estimate of drug-likeness (QED) is 0.286. The number of carbonyl (C=O) groups is 4. The van der Waals surface area contributed by atoms with Gasteiger partial charge in [-0.25, -0.2) is 0 Å². The molecule has 1 aliphatic carbocycles. The number of anilines is 1. The number of carbonyl (C=O) groups excluding carboxylic acids is 4. The maximum absolute atomic E-state index is 14.2. The fourth-order valence-corrected chi connectivity index (χ4v) is 7.39. The van der Waals surface area contributed by atoms with Gasteiger partial charge in [0.25, 0.3) is 0 Å². The number of nitrogens with one attached hydrogen (secondary N) is 3. The average Bonchev–Trinajstić information content (AvgIpc) is 3.10. The van der Waals surface area contributed by atoms with Gasteiger partial charge in [-0.1, -0.05) is 55.0 Å². The van der Waals surface area contributed by atoms with E-state index in [1.807, 2.05) is 72.5 Å². The van der Waals surface area contributed by atoms with Crippen molar-refractivity contribution in [2.75, 3.05) is 25.4 Å². The number of ether oxygens (including phenoxy) is 1. The van der Waals surface area contributed by atoms with Gasteiger partial charge in [-0.05, 0) is 104 Å². The Morgan fingerprint density at radius 3 is 2.50 bits per heavy atom. The molecule has 3 atom stereocenters. The summed E-state index contributed by atoms with van der Waals surface area (Å²) in [6.07, 6.45) is 5.45. The third kappa shape index (κ3) is 8.29. The van der Waals surface area contributed by atoms with Crippen molar-refractivity contribution >= 4 is 29.3 Å². The third-order valence-corrected chi connectivity index (χ3v) is 10.7. The summed E-state index contributed by atoms with van der Waals surface area (Å²) in [6.45, 7) is 3.93. The van der Waals surface area contributed by atoms with Crippen LogP contribution < -0.4 is 26.4 Å². The number of hydrogen-bond donors (Lipinski definition) is 4. The number of nitrogens with two attached hydrogens (primary N) is 1. The zero-order valence-corrected chi connectivity index (χ0v) is 28.9. The normalized spacial score (nSPS) is 22.9. The molecular formula is C40H49N5O5. The summed E-state index contributed by atoms with van der Waals surface area (Å²) in [5.74, 6) is -0.371. The van der Waals surface area contributed by atoms with Crippen LogP contribution in [0.25, 0.3) is 0 Å². The van der Waals surface area contributed by atoms with Crippen LogP contribution in [0.1, 0.15) is 73.6 Å². The lowest BCUT2D eigenvalue weighted by molar-refractivity contribution is -0.139. The van der Waals surface area contributed by atoms with E-state index in [-0.39, 0.29) is 36.6 Å². The monoisotopic (exact) mass is 679 g/mol. The SMILES string of the molecule is Cc1ccc2cc1CNC(=O)[C@H](CCc1ccccc1)NC(=O)[C@@H](NC(=O)C1(c3ccc(N)cc3)CCC1)CC(=O)N1CCCC(CCO2)C1. The molecule has 10 nitrogen and oxygen atoms in total. The van der Waals surface area contributed by atoms with Gasteiger partial charge < -0.3 is 31.3 Å². The number of piperidine rings is 1. The van der Waals surface area contributed by atoms with E-state index >= 15 is 0 Å². The Morgan fingerprint density at radius 1 is 0.980 bits per heavy atom. The highest BCUT2D eigenvalue weighted by molar-refractivity contribution is 5.97. The highest BCUT2D eigenvalue weighted by atomic mass is 16.5. The highest BCUT2D eigenvalue weighted by Crippen LogP contribution is 2.44. The van der Waals surface area contributed by atoms with E-state index in [0.717, 1.165) is 53.7 Å². The van der Waals surface area contributed by atoms with Crippen LogP contribution in [-0.4, -0.2) is 60.3 Å². The molecule has 4 bridgehead atoms. The Bertz CT molecular complexity index is 1670. The molecule has 0 spiro atoms. The second-order valence-corrected chi connectivity index (χ2v) is 14.2. The van der Waals surface area contributed by atoms with Crippen molar-refractivity contribution in [3.8, 4) is 5.75 Å². The summed E-state index contributed by atoms with van der Waals surface area (Å²) in [5, 5.41) is 8.97. The maximum Gasteiger partial charge on any atom is 0.243 e. The Kier molecular flexibility index (Phi) is 11.0. The second kappa shape index (κ2) is 15.8. The lowest BCUT2D eigenvalue weighted by Gasteiger charge is -2.41. The molecule has 3 aromatic carbocycles.